The second-order valence-electron chi connectivity index (χ2n) is 7.04. The zero-order valence-electron chi connectivity index (χ0n) is 17.6. The molecule has 0 saturated carbocycles. The van der Waals surface area contributed by atoms with E-state index in [0.717, 1.165) is 12.1 Å². The lowest BCUT2D eigenvalue weighted by atomic mass is 10.2. The quantitative estimate of drug-likeness (QED) is 0.623. The van der Waals surface area contributed by atoms with Crippen molar-refractivity contribution >= 4 is 17.5 Å². The molecule has 1 aromatic heterocycles. The van der Waals surface area contributed by atoms with Gasteiger partial charge in [0.1, 0.15) is 5.75 Å². The molecule has 0 atom stereocenters. The van der Waals surface area contributed by atoms with Gasteiger partial charge < -0.3 is 15.0 Å². The summed E-state index contributed by atoms with van der Waals surface area (Å²) in [6.07, 6.45) is -3.22. The molecular formula is C22H21F3N4O3. The molecule has 0 fully saturated rings. The fraction of sp³-hybridized carbons (Fsp3) is 0.227. The van der Waals surface area contributed by atoms with Crippen LogP contribution in [0.1, 0.15) is 21.6 Å². The van der Waals surface area contributed by atoms with Gasteiger partial charge in [-0.05, 0) is 37.3 Å². The third-order valence-electron chi connectivity index (χ3n) is 4.74. The van der Waals surface area contributed by atoms with E-state index in [9.17, 15) is 22.8 Å². The van der Waals surface area contributed by atoms with Crippen LogP contribution in [0, 0.1) is 6.92 Å². The summed E-state index contributed by atoms with van der Waals surface area (Å²) in [4.78, 5) is 26.3. The zero-order valence-corrected chi connectivity index (χ0v) is 17.6. The van der Waals surface area contributed by atoms with Crippen LogP contribution in [-0.4, -0.2) is 47.2 Å². The molecule has 0 radical (unpaired) electrons. The van der Waals surface area contributed by atoms with E-state index >= 15 is 0 Å². The Morgan fingerprint density at radius 3 is 2.56 bits per heavy atom. The lowest BCUT2D eigenvalue weighted by Crippen LogP contribution is -2.35. The molecule has 0 unspecified atom stereocenters. The van der Waals surface area contributed by atoms with Crippen LogP contribution >= 0.6 is 0 Å². The molecule has 7 nitrogen and oxygen atoms in total. The first-order chi connectivity index (χ1) is 15.1. The van der Waals surface area contributed by atoms with Gasteiger partial charge in [-0.1, -0.05) is 12.1 Å². The third kappa shape index (κ3) is 5.08. The number of alkyl halides is 3. The van der Waals surface area contributed by atoms with Crippen LogP contribution in [-0.2, 0) is 11.0 Å². The van der Waals surface area contributed by atoms with Crippen LogP contribution in [0.3, 0.4) is 0 Å². The number of methoxy groups -OCH3 is 1. The predicted molar refractivity (Wildman–Crippen MR) is 112 cm³/mol. The number of likely N-dealkylation sites (N-methyl/N-ethyl adjacent to an activating group) is 1. The Morgan fingerprint density at radius 2 is 1.88 bits per heavy atom. The maximum atomic E-state index is 13.0. The van der Waals surface area contributed by atoms with E-state index in [-0.39, 0.29) is 17.8 Å². The van der Waals surface area contributed by atoms with Crippen molar-refractivity contribution in [2.75, 3.05) is 26.0 Å². The van der Waals surface area contributed by atoms with Crippen LogP contribution in [0.2, 0.25) is 0 Å². The monoisotopic (exact) mass is 446 g/mol. The summed E-state index contributed by atoms with van der Waals surface area (Å²) < 4.78 is 45.4. The minimum Gasteiger partial charge on any atom is -0.497 e. The lowest BCUT2D eigenvalue weighted by molar-refractivity contribution is -0.137. The average molecular weight is 446 g/mol. The molecular weight excluding hydrogens is 425 g/mol. The van der Waals surface area contributed by atoms with Crippen LogP contribution in [0.5, 0.6) is 5.75 Å². The molecule has 168 valence electrons. The van der Waals surface area contributed by atoms with Crippen molar-refractivity contribution in [1.82, 2.24) is 14.7 Å². The molecule has 0 bridgehead atoms. The van der Waals surface area contributed by atoms with Crippen molar-refractivity contribution in [3.63, 3.8) is 0 Å². The van der Waals surface area contributed by atoms with Crippen LogP contribution in [0.25, 0.3) is 5.69 Å². The van der Waals surface area contributed by atoms with Gasteiger partial charge in [-0.3, -0.25) is 9.59 Å². The lowest BCUT2D eigenvalue weighted by Gasteiger charge is -2.17. The van der Waals surface area contributed by atoms with Crippen LogP contribution in [0.4, 0.5) is 18.9 Å². The molecule has 0 saturated heterocycles. The van der Waals surface area contributed by atoms with Crippen molar-refractivity contribution < 1.29 is 27.5 Å². The summed E-state index contributed by atoms with van der Waals surface area (Å²) in [7, 11) is 2.96. The molecule has 1 heterocycles. The first kappa shape index (κ1) is 22.9. The number of halogens is 3. The molecule has 3 rings (SSSR count). The summed E-state index contributed by atoms with van der Waals surface area (Å²) in [5.41, 5.74) is 0.413. The molecule has 10 heteroatoms. The number of carbonyl (C=O) groups excluding carboxylic acids is 2. The number of hydrogen-bond donors (Lipinski definition) is 1. The van der Waals surface area contributed by atoms with E-state index in [4.69, 9.17) is 4.74 Å². The minimum atomic E-state index is -4.49. The summed E-state index contributed by atoms with van der Waals surface area (Å²) in [5, 5.41) is 6.75. The van der Waals surface area contributed by atoms with Gasteiger partial charge in [0.15, 0.2) is 0 Å². The summed E-state index contributed by atoms with van der Waals surface area (Å²) in [6, 6.07) is 11.4. The number of amides is 2. The van der Waals surface area contributed by atoms with Gasteiger partial charge in [-0.2, -0.15) is 18.3 Å². The van der Waals surface area contributed by atoms with Crippen molar-refractivity contribution in [1.29, 1.82) is 0 Å². The molecule has 2 amide bonds. The van der Waals surface area contributed by atoms with Crippen molar-refractivity contribution in [3.8, 4) is 11.4 Å². The number of anilines is 1. The maximum Gasteiger partial charge on any atom is 0.416 e. The number of carbonyl (C=O) groups is 2. The number of nitrogens with one attached hydrogen (secondary N) is 1. The largest absolute Gasteiger partial charge is 0.497 e. The van der Waals surface area contributed by atoms with Crippen LogP contribution < -0.4 is 10.1 Å². The normalized spacial score (nSPS) is 11.2. The summed E-state index contributed by atoms with van der Waals surface area (Å²) in [5.74, 6) is -0.330. The Morgan fingerprint density at radius 1 is 1.16 bits per heavy atom. The van der Waals surface area contributed by atoms with E-state index in [1.54, 1.807) is 31.2 Å². The highest BCUT2D eigenvalue weighted by Crippen LogP contribution is 2.30. The van der Waals surface area contributed by atoms with Crippen molar-refractivity contribution in [2.24, 2.45) is 0 Å². The third-order valence-corrected chi connectivity index (χ3v) is 4.74. The first-order valence-electron chi connectivity index (χ1n) is 9.51. The second-order valence-corrected chi connectivity index (χ2v) is 7.04. The maximum absolute atomic E-state index is 13.0. The highest BCUT2D eigenvalue weighted by atomic mass is 19.4. The van der Waals surface area contributed by atoms with Crippen LogP contribution in [0.15, 0.2) is 54.7 Å². The van der Waals surface area contributed by atoms with E-state index in [1.807, 2.05) is 0 Å². The Hall–Kier alpha value is -3.82. The first-order valence-corrected chi connectivity index (χ1v) is 9.51. The van der Waals surface area contributed by atoms with Gasteiger partial charge in [0.05, 0.1) is 42.4 Å². The Bertz CT molecular complexity index is 1140. The molecule has 0 aliphatic rings. The average Bonchev–Trinajstić information content (AvgIpc) is 3.13. The Labute approximate surface area is 182 Å². The highest BCUT2D eigenvalue weighted by Gasteiger charge is 2.31. The van der Waals surface area contributed by atoms with Gasteiger partial charge >= 0.3 is 6.18 Å². The number of ether oxygens (including phenoxy) is 1. The minimum absolute atomic E-state index is 0.176. The van der Waals surface area contributed by atoms with E-state index < -0.39 is 23.6 Å². The number of benzene rings is 2. The van der Waals surface area contributed by atoms with E-state index in [2.05, 4.69) is 10.4 Å². The number of aromatic nitrogens is 2. The van der Waals surface area contributed by atoms with E-state index in [0.29, 0.717) is 17.1 Å². The molecule has 0 spiro atoms. The molecule has 1 N–H and O–H groups in total. The van der Waals surface area contributed by atoms with Gasteiger partial charge in [-0.15, -0.1) is 0 Å². The van der Waals surface area contributed by atoms with Gasteiger partial charge in [-0.25, -0.2) is 4.68 Å². The Kier molecular flexibility index (Phi) is 6.52. The molecule has 3 aromatic rings. The summed E-state index contributed by atoms with van der Waals surface area (Å²) >= 11 is 0. The van der Waals surface area contributed by atoms with Gasteiger partial charge in [0.2, 0.25) is 5.91 Å². The van der Waals surface area contributed by atoms with Crippen molar-refractivity contribution in [3.05, 3.63) is 71.5 Å². The molecule has 32 heavy (non-hydrogen) atoms. The van der Waals surface area contributed by atoms with Gasteiger partial charge in [0.25, 0.3) is 5.91 Å². The molecule has 0 aliphatic heterocycles. The number of hydrogen-bond acceptors (Lipinski definition) is 4. The Balaban J connectivity index is 1.73. The highest BCUT2D eigenvalue weighted by molar-refractivity contribution is 5.99. The van der Waals surface area contributed by atoms with E-state index in [1.165, 1.54) is 42.1 Å². The zero-order chi connectivity index (χ0) is 23.5. The fourth-order valence-electron chi connectivity index (χ4n) is 3.09. The summed E-state index contributed by atoms with van der Waals surface area (Å²) in [6.45, 7) is 1.34. The van der Waals surface area contributed by atoms with Crippen molar-refractivity contribution in [2.45, 2.75) is 13.1 Å². The number of nitrogens with zero attached hydrogens (tertiary/aromatic N) is 3. The SMILES string of the molecule is COc1cccc(NC(=O)CN(C)C(=O)c2cnn(-c3cccc(C(F)(F)F)c3)c2C)c1. The number of rotatable bonds is 6. The molecule has 2 aromatic carbocycles. The fourth-order valence-corrected chi connectivity index (χ4v) is 3.09. The predicted octanol–water partition coefficient (Wildman–Crippen LogP) is 3.92. The molecule has 0 aliphatic carbocycles. The topological polar surface area (TPSA) is 76.5 Å². The standard InChI is InChI=1S/C22H21F3N4O3/c1-14-19(12-26-29(14)17-8-4-6-15(10-17)22(23,24)25)21(31)28(2)13-20(30)27-16-7-5-9-18(11-16)32-3/h4-12H,13H2,1-3H3,(H,27,30). The second kappa shape index (κ2) is 9.13. The van der Waals surface area contributed by atoms with Gasteiger partial charge in [0, 0.05) is 18.8 Å². The smallest absolute Gasteiger partial charge is 0.416 e.